The van der Waals surface area contributed by atoms with Gasteiger partial charge in [-0.3, -0.25) is 4.90 Å². The molecular weight excluding hydrogens is 220 g/mol. The Morgan fingerprint density at radius 1 is 1.62 bits per heavy atom. The van der Waals surface area contributed by atoms with Crippen LogP contribution >= 0.6 is 11.8 Å². The van der Waals surface area contributed by atoms with Gasteiger partial charge in [-0.1, -0.05) is 6.07 Å². The van der Waals surface area contributed by atoms with Crippen LogP contribution in [0.15, 0.2) is 18.3 Å². The first-order valence-electron chi connectivity index (χ1n) is 5.49. The summed E-state index contributed by atoms with van der Waals surface area (Å²) in [7, 11) is 2.19. The molecule has 0 bridgehead atoms. The molecule has 1 fully saturated rings. The van der Waals surface area contributed by atoms with Gasteiger partial charge >= 0.3 is 0 Å². The molecule has 0 spiro atoms. The van der Waals surface area contributed by atoms with Gasteiger partial charge in [0, 0.05) is 24.5 Å². The van der Waals surface area contributed by atoms with Crippen LogP contribution in [0.5, 0.6) is 0 Å². The molecule has 0 radical (unpaired) electrons. The lowest BCUT2D eigenvalue weighted by atomic mass is 10.2. The van der Waals surface area contributed by atoms with Crippen molar-refractivity contribution in [1.29, 1.82) is 0 Å². The molecule has 4 nitrogen and oxygen atoms in total. The van der Waals surface area contributed by atoms with Crippen LogP contribution in [0.1, 0.15) is 12.0 Å². The van der Waals surface area contributed by atoms with Gasteiger partial charge in [0.05, 0.1) is 0 Å². The maximum Gasteiger partial charge on any atom is 0.139 e. The van der Waals surface area contributed by atoms with Gasteiger partial charge in [-0.2, -0.15) is 11.8 Å². The van der Waals surface area contributed by atoms with Crippen molar-refractivity contribution in [3.63, 3.8) is 0 Å². The van der Waals surface area contributed by atoms with Crippen molar-refractivity contribution < 1.29 is 0 Å². The minimum Gasteiger partial charge on any atom is -0.308 e. The van der Waals surface area contributed by atoms with E-state index in [0.29, 0.717) is 5.82 Å². The van der Waals surface area contributed by atoms with E-state index in [1.165, 1.54) is 23.5 Å². The van der Waals surface area contributed by atoms with E-state index in [4.69, 9.17) is 5.84 Å². The summed E-state index contributed by atoms with van der Waals surface area (Å²) in [4.78, 5) is 6.62. The normalized spacial score (nSPS) is 20.3. The lowest BCUT2D eigenvalue weighted by molar-refractivity contribution is 0.254. The Morgan fingerprint density at radius 2 is 2.50 bits per heavy atom. The van der Waals surface area contributed by atoms with Crippen molar-refractivity contribution in [2.75, 3.05) is 24.0 Å². The van der Waals surface area contributed by atoms with Gasteiger partial charge < -0.3 is 5.43 Å². The third-order valence-corrected chi connectivity index (χ3v) is 4.08. The van der Waals surface area contributed by atoms with Gasteiger partial charge in [0.15, 0.2) is 0 Å². The van der Waals surface area contributed by atoms with Crippen molar-refractivity contribution >= 4 is 17.6 Å². The lowest BCUT2D eigenvalue weighted by Crippen LogP contribution is -2.30. The zero-order chi connectivity index (χ0) is 11.4. The van der Waals surface area contributed by atoms with Gasteiger partial charge in [-0.25, -0.2) is 10.8 Å². The number of hydrazine groups is 1. The van der Waals surface area contributed by atoms with Crippen LogP contribution < -0.4 is 11.3 Å². The predicted molar refractivity (Wildman–Crippen MR) is 69.2 cm³/mol. The SMILES string of the molecule is CN(Cc1ccc(NN)nc1)C1CCSC1. The average molecular weight is 238 g/mol. The molecule has 1 saturated heterocycles. The van der Waals surface area contributed by atoms with Crippen molar-refractivity contribution in [2.24, 2.45) is 5.84 Å². The Labute approximate surface area is 101 Å². The predicted octanol–water partition coefficient (Wildman–Crippen LogP) is 1.30. The first-order valence-corrected chi connectivity index (χ1v) is 6.64. The molecule has 1 aliphatic rings. The molecule has 1 atom stereocenters. The van der Waals surface area contributed by atoms with Gasteiger partial charge in [0.2, 0.25) is 0 Å². The lowest BCUT2D eigenvalue weighted by Gasteiger charge is -2.23. The third kappa shape index (κ3) is 2.87. The molecule has 1 aromatic heterocycles. The van der Waals surface area contributed by atoms with E-state index >= 15 is 0 Å². The number of nitrogens with two attached hydrogens (primary N) is 1. The zero-order valence-corrected chi connectivity index (χ0v) is 10.3. The van der Waals surface area contributed by atoms with Crippen LogP contribution in [0, 0.1) is 0 Å². The Balaban J connectivity index is 1.92. The summed E-state index contributed by atoms with van der Waals surface area (Å²) in [6, 6.07) is 4.70. The largest absolute Gasteiger partial charge is 0.308 e. The quantitative estimate of drug-likeness (QED) is 0.612. The molecule has 1 aliphatic heterocycles. The number of nitrogens with zero attached hydrogens (tertiary/aromatic N) is 2. The fourth-order valence-electron chi connectivity index (χ4n) is 1.89. The van der Waals surface area contributed by atoms with E-state index in [1.54, 1.807) is 0 Å². The Hall–Kier alpha value is -0.780. The molecule has 1 aromatic rings. The second kappa shape index (κ2) is 5.52. The number of pyridine rings is 1. The highest BCUT2D eigenvalue weighted by Gasteiger charge is 2.19. The van der Waals surface area contributed by atoms with Crippen LogP contribution in [0.2, 0.25) is 0 Å². The number of nitrogens with one attached hydrogen (secondary N) is 1. The van der Waals surface area contributed by atoms with Crippen LogP contribution in [-0.2, 0) is 6.54 Å². The van der Waals surface area contributed by atoms with Crippen molar-refractivity contribution in [1.82, 2.24) is 9.88 Å². The summed E-state index contributed by atoms with van der Waals surface area (Å²) in [5.41, 5.74) is 3.77. The minimum atomic E-state index is 0.711. The Kier molecular flexibility index (Phi) is 4.04. The molecule has 0 saturated carbocycles. The number of rotatable bonds is 4. The molecular formula is C11H18N4S. The summed E-state index contributed by atoms with van der Waals surface area (Å²) in [6.45, 7) is 0.961. The third-order valence-electron chi connectivity index (χ3n) is 2.93. The highest BCUT2D eigenvalue weighted by Crippen LogP contribution is 2.22. The second-order valence-electron chi connectivity index (χ2n) is 4.13. The number of hydrogen-bond donors (Lipinski definition) is 2. The van der Waals surface area contributed by atoms with E-state index in [-0.39, 0.29) is 0 Å². The molecule has 0 amide bonds. The Morgan fingerprint density at radius 3 is 3.06 bits per heavy atom. The smallest absolute Gasteiger partial charge is 0.139 e. The molecule has 88 valence electrons. The van der Waals surface area contributed by atoms with E-state index in [1.807, 2.05) is 24.0 Å². The first kappa shape index (κ1) is 11.7. The average Bonchev–Trinajstić information content (AvgIpc) is 2.83. The fraction of sp³-hybridized carbons (Fsp3) is 0.545. The number of anilines is 1. The van der Waals surface area contributed by atoms with Crippen LogP contribution in [0.4, 0.5) is 5.82 Å². The summed E-state index contributed by atoms with van der Waals surface area (Å²) in [5, 5.41) is 0. The molecule has 2 rings (SSSR count). The summed E-state index contributed by atoms with van der Waals surface area (Å²) < 4.78 is 0. The molecule has 16 heavy (non-hydrogen) atoms. The summed E-state index contributed by atoms with van der Waals surface area (Å²) in [5.74, 6) is 8.54. The second-order valence-corrected chi connectivity index (χ2v) is 5.28. The van der Waals surface area contributed by atoms with Gasteiger partial charge in [-0.15, -0.1) is 0 Å². The van der Waals surface area contributed by atoms with Gasteiger partial charge in [0.1, 0.15) is 5.82 Å². The first-order chi connectivity index (χ1) is 7.79. The monoisotopic (exact) mass is 238 g/mol. The number of aromatic nitrogens is 1. The molecule has 2 heterocycles. The minimum absolute atomic E-state index is 0.711. The maximum atomic E-state index is 5.28. The van der Waals surface area contributed by atoms with Crippen molar-refractivity contribution in [3.8, 4) is 0 Å². The topological polar surface area (TPSA) is 54.2 Å². The van der Waals surface area contributed by atoms with Crippen LogP contribution in [-0.4, -0.2) is 34.5 Å². The highest BCUT2D eigenvalue weighted by molar-refractivity contribution is 7.99. The molecule has 3 N–H and O–H groups in total. The zero-order valence-electron chi connectivity index (χ0n) is 9.52. The molecule has 5 heteroatoms. The maximum absolute atomic E-state index is 5.28. The van der Waals surface area contributed by atoms with Crippen LogP contribution in [0.3, 0.4) is 0 Å². The summed E-state index contributed by atoms with van der Waals surface area (Å²) in [6.07, 6.45) is 3.19. The summed E-state index contributed by atoms with van der Waals surface area (Å²) >= 11 is 2.04. The van der Waals surface area contributed by atoms with E-state index in [9.17, 15) is 0 Å². The van der Waals surface area contributed by atoms with Crippen molar-refractivity contribution in [2.45, 2.75) is 19.0 Å². The number of nitrogen functional groups attached to an aromatic ring is 1. The highest BCUT2D eigenvalue weighted by atomic mass is 32.2. The Bertz CT molecular complexity index is 321. The number of hydrogen-bond acceptors (Lipinski definition) is 5. The van der Waals surface area contributed by atoms with Gasteiger partial charge in [-0.05, 0) is 30.9 Å². The fourth-order valence-corrected chi connectivity index (χ4v) is 3.19. The van der Waals surface area contributed by atoms with Gasteiger partial charge in [0.25, 0.3) is 0 Å². The molecule has 1 unspecified atom stereocenters. The van der Waals surface area contributed by atoms with Crippen molar-refractivity contribution in [3.05, 3.63) is 23.9 Å². The molecule has 0 aromatic carbocycles. The van der Waals surface area contributed by atoms with E-state index in [0.717, 1.165) is 12.6 Å². The van der Waals surface area contributed by atoms with Crippen LogP contribution in [0.25, 0.3) is 0 Å². The standard InChI is InChI=1S/C11H18N4S/c1-15(10-4-5-16-8-10)7-9-2-3-11(14-12)13-6-9/h2-3,6,10H,4-5,7-8,12H2,1H3,(H,13,14). The van der Waals surface area contributed by atoms with E-state index in [2.05, 4.69) is 28.4 Å². The molecule has 0 aliphatic carbocycles. The van der Waals surface area contributed by atoms with E-state index < -0.39 is 0 Å². The number of thioether (sulfide) groups is 1.